The number of piperazine rings is 1. The number of alkyl halides is 3. The van der Waals surface area contributed by atoms with Crippen LogP contribution >= 0.6 is 0 Å². The third-order valence-corrected chi connectivity index (χ3v) is 11.9. The lowest BCUT2D eigenvalue weighted by Crippen LogP contribution is -2.53. The predicted octanol–water partition coefficient (Wildman–Crippen LogP) is 4.84. The minimum atomic E-state index is -4.23. The van der Waals surface area contributed by atoms with Crippen molar-refractivity contribution in [1.29, 1.82) is 0 Å². The lowest BCUT2D eigenvalue weighted by Gasteiger charge is -2.43. The summed E-state index contributed by atoms with van der Waals surface area (Å²) in [5.41, 5.74) is 6.25. The maximum atomic E-state index is 13.1. The van der Waals surface area contributed by atoms with E-state index in [0.717, 1.165) is 92.7 Å². The minimum absolute atomic E-state index is 0.166. The van der Waals surface area contributed by atoms with E-state index in [-0.39, 0.29) is 30.5 Å². The predicted molar refractivity (Wildman–Crippen MR) is 212 cm³/mol. The highest BCUT2D eigenvalue weighted by Crippen LogP contribution is 2.29. The van der Waals surface area contributed by atoms with Gasteiger partial charge in [0, 0.05) is 82.1 Å². The monoisotopic (exact) mass is 786 g/mol. The van der Waals surface area contributed by atoms with Crippen molar-refractivity contribution >= 4 is 39.8 Å². The van der Waals surface area contributed by atoms with Gasteiger partial charge in [0.2, 0.25) is 17.8 Å². The van der Waals surface area contributed by atoms with Gasteiger partial charge in [-0.05, 0) is 80.6 Å². The van der Waals surface area contributed by atoms with E-state index in [1.165, 1.54) is 28.5 Å². The molecule has 0 bridgehead atoms. The number of aromatic amines is 1. The van der Waals surface area contributed by atoms with Crippen molar-refractivity contribution in [2.45, 2.75) is 69.8 Å². The molecule has 13 nitrogen and oxygen atoms in total. The number of amides is 2. The van der Waals surface area contributed by atoms with Gasteiger partial charge in [0.05, 0.1) is 17.5 Å². The fourth-order valence-electron chi connectivity index (χ4n) is 8.69. The molecule has 2 amide bonds. The van der Waals surface area contributed by atoms with Crippen LogP contribution in [0.15, 0.2) is 59.7 Å². The van der Waals surface area contributed by atoms with Crippen LogP contribution in [0.4, 0.5) is 19.1 Å². The van der Waals surface area contributed by atoms with E-state index in [4.69, 9.17) is 0 Å². The van der Waals surface area contributed by atoms with Crippen molar-refractivity contribution in [2.24, 2.45) is 7.05 Å². The molecule has 302 valence electrons. The van der Waals surface area contributed by atoms with E-state index in [1.807, 2.05) is 12.3 Å². The van der Waals surface area contributed by atoms with Crippen molar-refractivity contribution in [3.8, 4) is 11.1 Å². The Morgan fingerprint density at radius 2 is 1.65 bits per heavy atom. The topological polar surface area (TPSA) is 136 Å². The molecule has 16 heteroatoms. The number of hydrogen-bond donors (Lipinski definition) is 3. The number of hydrogen-bond acceptors (Lipinski definition) is 9. The van der Waals surface area contributed by atoms with Gasteiger partial charge in [-0.3, -0.25) is 33.8 Å². The number of halogens is 3. The molecule has 3 N–H and O–H groups in total. The molecule has 1 atom stereocenters. The number of H-pyrrole nitrogens is 1. The van der Waals surface area contributed by atoms with E-state index in [9.17, 15) is 27.6 Å². The zero-order valence-electron chi connectivity index (χ0n) is 32.2. The summed E-state index contributed by atoms with van der Waals surface area (Å²) in [5.74, 6) is -0.546. The van der Waals surface area contributed by atoms with Crippen LogP contribution in [0.2, 0.25) is 0 Å². The molecule has 0 unspecified atom stereocenters. The number of carbonyl (C=O) groups is 2. The average molecular weight is 787 g/mol. The third kappa shape index (κ3) is 8.77. The summed E-state index contributed by atoms with van der Waals surface area (Å²) in [6, 6.07) is 14.5. The standard InChI is InChI=1S/C41H49F3N10O3/c1-50-35-23-27(6-9-33(35)54(40(50)57)34-10-11-36(55)48-38(34)56)3-2-16-51-17-12-30(13-18-51)53-21-19-52(20-22-53)26-28-4-7-29(8-5-28)31-24-46-37-32(31)25-47-39(49-37)45-15-14-41(42,43)44/h4-9,23-25,30,34H,2-3,10-22,26H2,1H3,(H,48,55,56)(H2,45,46,47,49)/t34-/m0/s1. The highest BCUT2D eigenvalue weighted by Gasteiger charge is 2.32. The van der Waals surface area contributed by atoms with Crippen molar-refractivity contribution in [3.05, 3.63) is 76.5 Å². The van der Waals surface area contributed by atoms with E-state index in [1.54, 1.807) is 17.8 Å². The van der Waals surface area contributed by atoms with E-state index in [2.05, 4.69) is 76.7 Å². The van der Waals surface area contributed by atoms with Crippen molar-refractivity contribution in [3.63, 3.8) is 0 Å². The van der Waals surface area contributed by atoms with Crippen LogP contribution in [-0.4, -0.2) is 115 Å². The second-order valence-corrected chi connectivity index (χ2v) is 15.6. The lowest BCUT2D eigenvalue weighted by molar-refractivity contribution is -0.136. The molecule has 3 aromatic heterocycles. The average Bonchev–Trinajstić information content (AvgIpc) is 3.72. The second-order valence-electron chi connectivity index (χ2n) is 15.6. The minimum Gasteiger partial charge on any atom is -0.354 e. The first-order valence-corrected chi connectivity index (χ1v) is 20.0. The molecule has 2 aromatic carbocycles. The second kappa shape index (κ2) is 16.4. The van der Waals surface area contributed by atoms with Crippen LogP contribution in [0.3, 0.4) is 0 Å². The van der Waals surface area contributed by atoms with Gasteiger partial charge < -0.3 is 15.2 Å². The summed E-state index contributed by atoms with van der Waals surface area (Å²) in [6.07, 6.45) is 3.18. The number of carbonyl (C=O) groups excluding carboxylic acids is 2. The van der Waals surface area contributed by atoms with Gasteiger partial charge in [0.15, 0.2) is 0 Å². The SMILES string of the molecule is Cn1c(=O)n([C@H]2CCC(=O)NC2=O)c2ccc(CCCN3CCC(N4CCN(Cc5ccc(-c6c[nH]c7nc(NCCC(F)(F)F)ncc67)cc5)CC4)CC3)cc21. The van der Waals surface area contributed by atoms with Gasteiger partial charge in [0.25, 0.3) is 0 Å². The van der Waals surface area contributed by atoms with Gasteiger partial charge in [-0.25, -0.2) is 9.78 Å². The normalized spacial score (nSPS) is 19.5. The summed E-state index contributed by atoms with van der Waals surface area (Å²) < 4.78 is 40.6. The van der Waals surface area contributed by atoms with Crippen LogP contribution in [0, 0.1) is 0 Å². The van der Waals surface area contributed by atoms with E-state index >= 15 is 0 Å². The smallest absolute Gasteiger partial charge is 0.354 e. The quantitative estimate of drug-likeness (QED) is 0.152. The molecule has 8 rings (SSSR count). The molecule has 0 aliphatic carbocycles. The number of rotatable bonds is 12. The zero-order chi connectivity index (χ0) is 39.7. The van der Waals surface area contributed by atoms with Crippen LogP contribution < -0.4 is 16.3 Å². The molecule has 3 fully saturated rings. The van der Waals surface area contributed by atoms with Crippen LogP contribution in [0.1, 0.15) is 55.7 Å². The Labute approximate surface area is 328 Å². The third-order valence-electron chi connectivity index (χ3n) is 11.9. The molecule has 0 saturated carbocycles. The fraction of sp³-hybridized carbons (Fsp3) is 0.488. The number of anilines is 1. The molecule has 0 spiro atoms. The Morgan fingerprint density at radius 1 is 0.895 bits per heavy atom. The molecule has 57 heavy (non-hydrogen) atoms. The summed E-state index contributed by atoms with van der Waals surface area (Å²) in [5, 5.41) is 5.83. The Kier molecular flexibility index (Phi) is 11.2. The van der Waals surface area contributed by atoms with Crippen molar-refractivity contribution < 1.29 is 22.8 Å². The Bertz CT molecular complexity index is 2280. The van der Waals surface area contributed by atoms with Crippen LogP contribution in [-0.2, 0) is 29.6 Å². The van der Waals surface area contributed by atoms with Crippen molar-refractivity contribution in [2.75, 3.05) is 57.7 Å². The Morgan fingerprint density at radius 3 is 2.39 bits per heavy atom. The molecule has 0 radical (unpaired) electrons. The van der Waals surface area contributed by atoms with Crippen LogP contribution in [0.5, 0.6) is 0 Å². The highest BCUT2D eigenvalue weighted by molar-refractivity contribution is 6.00. The number of piperidine rings is 2. The number of fused-ring (bicyclic) bond motifs is 2. The van der Waals surface area contributed by atoms with Gasteiger partial charge >= 0.3 is 11.9 Å². The number of likely N-dealkylation sites (tertiary alicyclic amines) is 1. The molecular weight excluding hydrogens is 738 g/mol. The molecular formula is C41H49F3N10O3. The summed E-state index contributed by atoms with van der Waals surface area (Å²) >= 11 is 0. The van der Waals surface area contributed by atoms with E-state index < -0.39 is 24.5 Å². The molecule has 3 aliphatic heterocycles. The first-order valence-electron chi connectivity index (χ1n) is 20.0. The van der Waals surface area contributed by atoms with Gasteiger partial charge in [-0.2, -0.15) is 18.2 Å². The van der Waals surface area contributed by atoms with Crippen LogP contribution in [0.25, 0.3) is 33.2 Å². The maximum absolute atomic E-state index is 13.1. The largest absolute Gasteiger partial charge is 0.390 e. The number of imide groups is 1. The molecule has 5 aromatic rings. The van der Waals surface area contributed by atoms with E-state index in [0.29, 0.717) is 18.1 Å². The number of aryl methyl sites for hydroxylation is 2. The van der Waals surface area contributed by atoms with Gasteiger partial charge in [-0.1, -0.05) is 30.3 Å². The van der Waals surface area contributed by atoms with Crippen molar-refractivity contribution in [1.82, 2.24) is 44.1 Å². The summed E-state index contributed by atoms with van der Waals surface area (Å²) in [6.45, 7) is 8.07. The number of nitrogens with one attached hydrogen (secondary N) is 3. The number of imidazole rings is 1. The van der Waals surface area contributed by atoms with Gasteiger partial charge in [0.1, 0.15) is 11.7 Å². The highest BCUT2D eigenvalue weighted by atomic mass is 19.4. The first kappa shape index (κ1) is 38.8. The molecule has 3 saturated heterocycles. The van der Waals surface area contributed by atoms with Gasteiger partial charge in [-0.15, -0.1) is 0 Å². The summed E-state index contributed by atoms with van der Waals surface area (Å²) in [4.78, 5) is 56.8. The first-order chi connectivity index (χ1) is 27.5. The lowest BCUT2D eigenvalue weighted by atomic mass is 10.0. The number of aromatic nitrogens is 5. The Balaban J connectivity index is 0.761. The molecule has 6 heterocycles. The Hall–Kier alpha value is -5.06. The maximum Gasteiger partial charge on any atom is 0.390 e. The molecule has 3 aliphatic rings. The fourth-order valence-corrected chi connectivity index (χ4v) is 8.69. The zero-order valence-corrected chi connectivity index (χ0v) is 32.2. The summed E-state index contributed by atoms with van der Waals surface area (Å²) in [7, 11) is 1.74. The number of nitrogens with zero attached hydrogens (tertiary/aromatic N) is 7. The number of benzene rings is 2.